The molecule has 0 radical (unpaired) electrons. The van der Waals surface area contributed by atoms with Crippen molar-refractivity contribution in [3.8, 4) is 28.6 Å². The monoisotopic (exact) mass is 417 g/mol. The van der Waals surface area contributed by atoms with Crippen LogP contribution in [0.3, 0.4) is 0 Å². The second kappa shape index (κ2) is 8.42. The van der Waals surface area contributed by atoms with E-state index >= 15 is 0 Å². The summed E-state index contributed by atoms with van der Waals surface area (Å²) in [5.74, 6) is 0.0424. The van der Waals surface area contributed by atoms with Crippen molar-refractivity contribution in [1.82, 2.24) is 14.8 Å². The molecule has 2 N–H and O–H groups in total. The molecule has 1 heterocycles. The van der Waals surface area contributed by atoms with Gasteiger partial charge in [0.25, 0.3) is 0 Å². The number of nitrogens with zero attached hydrogens (tertiary/aromatic N) is 3. The number of carbonyl (C=O) groups excluding carboxylic acids is 1. The minimum atomic E-state index is -0.319. The summed E-state index contributed by atoms with van der Waals surface area (Å²) < 4.78 is 1.93. The quantitative estimate of drug-likeness (QED) is 0.270. The van der Waals surface area contributed by atoms with Crippen LogP contribution in [-0.2, 0) is 0 Å². The summed E-state index contributed by atoms with van der Waals surface area (Å²) in [6.07, 6.45) is 0. The van der Waals surface area contributed by atoms with Crippen LogP contribution in [0.4, 0.5) is 0 Å². The van der Waals surface area contributed by atoms with Crippen LogP contribution in [-0.4, -0.2) is 36.5 Å². The lowest BCUT2D eigenvalue weighted by atomic mass is 10.1. The van der Waals surface area contributed by atoms with Gasteiger partial charge in [0.2, 0.25) is 0 Å². The molecule has 4 rings (SSSR count). The Labute approximate surface area is 177 Å². The number of benzene rings is 3. The predicted molar refractivity (Wildman–Crippen MR) is 116 cm³/mol. The molecule has 3 aromatic carbocycles. The fourth-order valence-corrected chi connectivity index (χ4v) is 3.82. The van der Waals surface area contributed by atoms with Crippen LogP contribution in [0.15, 0.2) is 78.0 Å². The van der Waals surface area contributed by atoms with Crippen molar-refractivity contribution in [3.05, 3.63) is 83.9 Å². The number of rotatable bonds is 6. The first-order valence-electron chi connectivity index (χ1n) is 9.29. The average molecular weight is 417 g/mol. The summed E-state index contributed by atoms with van der Waals surface area (Å²) in [4.78, 5) is 12.6. The van der Waals surface area contributed by atoms with E-state index in [-0.39, 0.29) is 23.0 Å². The molecule has 6 nitrogen and oxygen atoms in total. The number of aromatic nitrogens is 3. The molecular formula is C23H19N3O3S. The van der Waals surface area contributed by atoms with Crippen LogP contribution >= 0.6 is 11.8 Å². The van der Waals surface area contributed by atoms with Crippen molar-refractivity contribution < 1.29 is 15.0 Å². The summed E-state index contributed by atoms with van der Waals surface area (Å²) in [5.41, 5.74) is 3.29. The molecule has 0 unspecified atom stereocenters. The third-order valence-electron chi connectivity index (χ3n) is 4.59. The number of phenols is 2. The molecule has 0 saturated heterocycles. The normalized spacial score (nSPS) is 10.8. The highest BCUT2D eigenvalue weighted by atomic mass is 32.2. The number of hydrogen-bond donors (Lipinski definition) is 2. The fourth-order valence-electron chi connectivity index (χ4n) is 2.97. The molecule has 0 aliphatic carbocycles. The fraction of sp³-hybridized carbons (Fsp3) is 0.0870. The largest absolute Gasteiger partial charge is 0.504 e. The molecule has 0 saturated carbocycles. The number of phenolic OH excluding ortho intramolecular Hbond substituents is 2. The van der Waals surface area contributed by atoms with Gasteiger partial charge >= 0.3 is 0 Å². The topological polar surface area (TPSA) is 88.2 Å². The third-order valence-corrected chi connectivity index (χ3v) is 5.52. The van der Waals surface area contributed by atoms with E-state index in [0.29, 0.717) is 16.5 Å². The first-order chi connectivity index (χ1) is 14.5. The number of aryl methyl sites for hydroxylation is 1. The summed E-state index contributed by atoms with van der Waals surface area (Å²) in [6.45, 7) is 2.02. The van der Waals surface area contributed by atoms with Crippen LogP contribution in [0.1, 0.15) is 15.9 Å². The standard InChI is InChI=1S/C23H19N3O3S/c1-15-7-10-18(11-8-15)26-22(16-5-3-2-4-6-16)24-25-23(26)30-14-21(29)17-9-12-19(27)20(28)13-17/h2-13,27-28H,14H2,1H3. The van der Waals surface area contributed by atoms with Gasteiger partial charge in [-0.15, -0.1) is 10.2 Å². The molecular weight excluding hydrogens is 398 g/mol. The molecule has 0 fully saturated rings. The number of thioether (sulfide) groups is 1. The zero-order valence-corrected chi connectivity index (χ0v) is 17.0. The summed E-state index contributed by atoms with van der Waals surface area (Å²) >= 11 is 1.27. The van der Waals surface area contributed by atoms with Crippen LogP contribution in [0.2, 0.25) is 0 Å². The summed E-state index contributed by atoms with van der Waals surface area (Å²) in [6, 6.07) is 21.8. The van der Waals surface area contributed by atoms with Gasteiger partial charge in [0.1, 0.15) is 0 Å². The van der Waals surface area contributed by atoms with Crippen molar-refractivity contribution >= 4 is 17.5 Å². The highest BCUT2D eigenvalue weighted by Gasteiger charge is 2.18. The average Bonchev–Trinajstić information content (AvgIpc) is 3.19. The van der Waals surface area contributed by atoms with E-state index in [0.717, 1.165) is 16.8 Å². The molecule has 0 aliphatic heterocycles. The Hall–Kier alpha value is -3.58. The van der Waals surface area contributed by atoms with Gasteiger partial charge in [-0.05, 0) is 37.3 Å². The highest BCUT2D eigenvalue weighted by molar-refractivity contribution is 7.99. The van der Waals surface area contributed by atoms with Gasteiger partial charge in [-0.25, -0.2) is 0 Å². The Balaban J connectivity index is 1.66. The van der Waals surface area contributed by atoms with Crippen molar-refractivity contribution in [2.24, 2.45) is 0 Å². The Morgan fingerprint density at radius 2 is 1.67 bits per heavy atom. The van der Waals surface area contributed by atoms with E-state index in [1.807, 2.05) is 66.1 Å². The van der Waals surface area contributed by atoms with Crippen LogP contribution in [0.5, 0.6) is 11.5 Å². The predicted octanol–water partition coefficient (Wildman–Crippen LogP) is 4.63. The molecule has 1 aromatic heterocycles. The number of ketones is 1. The lowest BCUT2D eigenvalue weighted by molar-refractivity contribution is 0.102. The molecule has 0 spiro atoms. The van der Waals surface area contributed by atoms with E-state index in [1.165, 1.54) is 30.0 Å². The van der Waals surface area contributed by atoms with Gasteiger partial charge in [0.05, 0.1) is 5.75 Å². The molecule has 7 heteroatoms. The molecule has 150 valence electrons. The SMILES string of the molecule is Cc1ccc(-n2c(SCC(=O)c3ccc(O)c(O)c3)nnc2-c2ccccc2)cc1. The van der Waals surface area contributed by atoms with E-state index < -0.39 is 0 Å². The van der Waals surface area contributed by atoms with E-state index in [9.17, 15) is 15.0 Å². The smallest absolute Gasteiger partial charge is 0.196 e. The molecule has 0 bridgehead atoms. The lowest BCUT2D eigenvalue weighted by Crippen LogP contribution is -2.05. The van der Waals surface area contributed by atoms with Crippen molar-refractivity contribution in [2.75, 3.05) is 5.75 Å². The van der Waals surface area contributed by atoms with Crippen molar-refractivity contribution in [3.63, 3.8) is 0 Å². The number of hydrogen-bond acceptors (Lipinski definition) is 6. The Bertz CT molecular complexity index is 1190. The number of aromatic hydroxyl groups is 2. The highest BCUT2D eigenvalue weighted by Crippen LogP contribution is 2.30. The maximum Gasteiger partial charge on any atom is 0.196 e. The van der Waals surface area contributed by atoms with E-state index in [2.05, 4.69) is 10.2 Å². The van der Waals surface area contributed by atoms with Gasteiger partial charge in [-0.2, -0.15) is 0 Å². The Kier molecular flexibility index (Phi) is 5.54. The van der Waals surface area contributed by atoms with Gasteiger partial charge in [0, 0.05) is 16.8 Å². The second-order valence-electron chi connectivity index (χ2n) is 6.76. The number of Topliss-reactive ketones (excluding diaryl/α,β-unsaturated/α-hetero) is 1. The second-order valence-corrected chi connectivity index (χ2v) is 7.70. The molecule has 0 amide bonds. The zero-order chi connectivity index (χ0) is 21.1. The van der Waals surface area contributed by atoms with Gasteiger partial charge < -0.3 is 10.2 Å². The van der Waals surface area contributed by atoms with Gasteiger partial charge in [-0.3, -0.25) is 9.36 Å². The van der Waals surface area contributed by atoms with Crippen molar-refractivity contribution in [2.45, 2.75) is 12.1 Å². The van der Waals surface area contributed by atoms with Crippen molar-refractivity contribution in [1.29, 1.82) is 0 Å². The maximum absolute atomic E-state index is 12.6. The first kappa shape index (κ1) is 19.7. The van der Waals surface area contributed by atoms with Crippen LogP contribution in [0, 0.1) is 6.92 Å². The minimum Gasteiger partial charge on any atom is -0.504 e. The Morgan fingerprint density at radius 3 is 2.37 bits per heavy atom. The van der Waals surface area contributed by atoms with Gasteiger partial charge in [-0.1, -0.05) is 59.8 Å². The minimum absolute atomic E-state index is 0.114. The number of carbonyl (C=O) groups is 1. The van der Waals surface area contributed by atoms with E-state index in [4.69, 9.17) is 0 Å². The molecule has 30 heavy (non-hydrogen) atoms. The first-order valence-corrected chi connectivity index (χ1v) is 10.3. The van der Waals surface area contributed by atoms with E-state index in [1.54, 1.807) is 0 Å². The lowest BCUT2D eigenvalue weighted by Gasteiger charge is -2.11. The van der Waals surface area contributed by atoms with Crippen LogP contribution in [0.25, 0.3) is 17.1 Å². The molecule has 0 aliphatic rings. The molecule has 4 aromatic rings. The summed E-state index contributed by atoms with van der Waals surface area (Å²) in [7, 11) is 0. The molecule has 0 atom stereocenters. The zero-order valence-electron chi connectivity index (χ0n) is 16.2. The summed E-state index contributed by atoms with van der Waals surface area (Å²) in [5, 5.41) is 28.4. The maximum atomic E-state index is 12.6. The Morgan fingerprint density at radius 1 is 0.933 bits per heavy atom. The van der Waals surface area contributed by atoms with Crippen LogP contribution < -0.4 is 0 Å². The van der Waals surface area contributed by atoms with Gasteiger partial charge in [0.15, 0.2) is 28.3 Å². The third kappa shape index (κ3) is 4.06.